The molecule has 0 unspecified atom stereocenters. The van der Waals surface area contributed by atoms with Crippen molar-refractivity contribution in [3.05, 3.63) is 47.3 Å². The Bertz CT molecular complexity index is 827. The zero-order valence-electron chi connectivity index (χ0n) is 15.2. The molecule has 0 spiro atoms. The summed E-state index contributed by atoms with van der Waals surface area (Å²) < 4.78 is 7.24. The second kappa shape index (κ2) is 7.87. The number of hydrogen-bond donors (Lipinski definition) is 1. The fourth-order valence-electron chi connectivity index (χ4n) is 3.57. The summed E-state index contributed by atoms with van der Waals surface area (Å²) in [4.78, 5) is 35.9. The highest BCUT2D eigenvalue weighted by Crippen LogP contribution is 2.22. The molecule has 1 fully saturated rings. The zero-order chi connectivity index (χ0) is 18.6. The monoisotopic (exact) mass is 369 g/mol. The molecule has 2 aliphatic heterocycles. The van der Waals surface area contributed by atoms with E-state index in [1.807, 2.05) is 16.7 Å². The molecule has 4 rings (SSSR count). The number of amides is 2. The average molecular weight is 369 g/mol. The predicted octanol–water partition coefficient (Wildman–Crippen LogP) is 1.02. The molecule has 2 aromatic rings. The Morgan fingerprint density at radius 2 is 1.89 bits per heavy atom. The van der Waals surface area contributed by atoms with Gasteiger partial charge in [0.25, 0.3) is 11.8 Å². The van der Waals surface area contributed by atoms with Crippen LogP contribution in [0.25, 0.3) is 0 Å². The van der Waals surface area contributed by atoms with Crippen LogP contribution in [-0.2, 0) is 24.2 Å². The van der Waals surface area contributed by atoms with Crippen LogP contribution in [0.4, 0.5) is 0 Å². The minimum Gasteiger partial charge on any atom is -0.378 e. The van der Waals surface area contributed by atoms with Crippen LogP contribution in [0.2, 0.25) is 0 Å². The molecular weight excluding hydrogens is 346 g/mol. The number of carbonyl (C=O) groups excluding carboxylic acids is 2. The van der Waals surface area contributed by atoms with Gasteiger partial charge in [-0.15, -0.1) is 0 Å². The van der Waals surface area contributed by atoms with Gasteiger partial charge in [0.1, 0.15) is 5.69 Å². The maximum Gasteiger partial charge on any atom is 0.287 e. The molecule has 0 radical (unpaired) electrons. The topological polar surface area (TPSA) is 89.3 Å². The maximum absolute atomic E-state index is 12.9. The van der Waals surface area contributed by atoms with E-state index in [1.165, 1.54) is 0 Å². The van der Waals surface area contributed by atoms with Gasteiger partial charge in [0.05, 0.1) is 18.9 Å². The van der Waals surface area contributed by atoms with E-state index in [1.54, 1.807) is 17.3 Å². The van der Waals surface area contributed by atoms with E-state index in [0.717, 1.165) is 37.1 Å². The average Bonchev–Trinajstić information content (AvgIpc) is 3.13. The number of hydrogen-bond acceptors (Lipinski definition) is 5. The first-order chi connectivity index (χ1) is 13.2. The van der Waals surface area contributed by atoms with E-state index < -0.39 is 0 Å². The summed E-state index contributed by atoms with van der Waals surface area (Å²) >= 11 is 0. The molecule has 8 nitrogen and oxygen atoms in total. The number of nitrogens with zero attached hydrogens (tertiary/aromatic N) is 4. The number of carbonyl (C=O) groups is 2. The lowest BCUT2D eigenvalue weighted by Crippen LogP contribution is -2.41. The van der Waals surface area contributed by atoms with Gasteiger partial charge >= 0.3 is 0 Å². The summed E-state index contributed by atoms with van der Waals surface area (Å²) in [7, 11) is 0. The first kappa shape index (κ1) is 17.7. The molecule has 1 N–H and O–H groups in total. The fraction of sp³-hybridized carbons (Fsp3) is 0.474. The van der Waals surface area contributed by atoms with E-state index in [0.29, 0.717) is 44.4 Å². The predicted molar refractivity (Wildman–Crippen MR) is 97.3 cm³/mol. The Kier molecular flexibility index (Phi) is 5.15. The van der Waals surface area contributed by atoms with E-state index in [9.17, 15) is 9.59 Å². The molecule has 1 saturated heterocycles. The minimum atomic E-state index is -0.254. The normalized spacial score (nSPS) is 16.7. The first-order valence-electron chi connectivity index (χ1n) is 9.37. The summed E-state index contributed by atoms with van der Waals surface area (Å²) in [6.07, 6.45) is 6.15. The molecule has 2 aromatic heterocycles. The highest BCUT2D eigenvalue weighted by Gasteiger charge is 2.30. The molecule has 27 heavy (non-hydrogen) atoms. The van der Waals surface area contributed by atoms with Gasteiger partial charge in [0.15, 0.2) is 5.82 Å². The highest BCUT2D eigenvalue weighted by molar-refractivity contribution is 5.97. The minimum absolute atomic E-state index is 0.0999. The highest BCUT2D eigenvalue weighted by atomic mass is 16.5. The summed E-state index contributed by atoms with van der Waals surface area (Å²) in [5.41, 5.74) is 2.27. The van der Waals surface area contributed by atoms with Crippen molar-refractivity contribution >= 4 is 11.8 Å². The molecule has 4 heterocycles. The van der Waals surface area contributed by atoms with Crippen molar-refractivity contribution in [1.29, 1.82) is 0 Å². The molecule has 0 atom stereocenters. The molecular formula is C19H23N5O3. The van der Waals surface area contributed by atoms with Crippen LogP contribution in [0.1, 0.15) is 45.2 Å². The Hall–Kier alpha value is -2.74. The summed E-state index contributed by atoms with van der Waals surface area (Å²) in [6.45, 7) is 3.33. The van der Waals surface area contributed by atoms with E-state index >= 15 is 0 Å². The lowest BCUT2D eigenvalue weighted by Gasteiger charge is -2.26. The van der Waals surface area contributed by atoms with Gasteiger partial charge in [-0.25, -0.2) is 4.98 Å². The third-order valence-electron chi connectivity index (χ3n) is 5.02. The Balaban J connectivity index is 1.56. The fourth-order valence-corrected chi connectivity index (χ4v) is 3.57. The number of fused-ring (bicyclic) bond motifs is 1. The number of nitrogens with one attached hydrogen (secondary N) is 1. The molecule has 0 bridgehead atoms. The Morgan fingerprint density at radius 3 is 2.67 bits per heavy atom. The van der Waals surface area contributed by atoms with Crippen molar-refractivity contribution in [3.8, 4) is 0 Å². The van der Waals surface area contributed by atoms with Gasteiger partial charge in [-0.05, 0) is 37.0 Å². The molecule has 0 aliphatic carbocycles. The lowest BCUT2D eigenvalue weighted by atomic mass is 10.1. The van der Waals surface area contributed by atoms with Crippen LogP contribution >= 0.6 is 0 Å². The first-order valence-corrected chi connectivity index (χ1v) is 9.37. The van der Waals surface area contributed by atoms with Crippen molar-refractivity contribution in [3.63, 3.8) is 0 Å². The van der Waals surface area contributed by atoms with Crippen LogP contribution in [0, 0.1) is 0 Å². The summed E-state index contributed by atoms with van der Waals surface area (Å²) in [6, 6.07) is 3.71. The van der Waals surface area contributed by atoms with Gasteiger partial charge in [-0.3, -0.25) is 14.6 Å². The molecule has 0 aromatic carbocycles. The molecule has 142 valence electrons. The van der Waals surface area contributed by atoms with E-state index in [-0.39, 0.29) is 11.8 Å². The number of pyridine rings is 1. The third kappa shape index (κ3) is 3.71. The standard InChI is InChI=1S/C19H23N5O3/c25-18(21-13-14-4-6-20-7-5-14)17-22-16(15-3-1-2-8-24(15)17)19(26)23-9-11-27-12-10-23/h4-7H,1-3,8-13H2,(H,21,25). The van der Waals surface area contributed by atoms with Crippen molar-refractivity contribution in [2.75, 3.05) is 26.3 Å². The van der Waals surface area contributed by atoms with E-state index in [2.05, 4.69) is 15.3 Å². The van der Waals surface area contributed by atoms with Crippen molar-refractivity contribution in [2.24, 2.45) is 0 Å². The second-order valence-corrected chi connectivity index (χ2v) is 6.78. The summed E-state index contributed by atoms with van der Waals surface area (Å²) in [5, 5.41) is 2.90. The van der Waals surface area contributed by atoms with Crippen LogP contribution < -0.4 is 5.32 Å². The number of rotatable bonds is 4. The smallest absolute Gasteiger partial charge is 0.287 e. The molecule has 2 aliphatic rings. The van der Waals surface area contributed by atoms with Crippen molar-refractivity contribution in [1.82, 2.24) is 24.8 Å². The molecule has 8 heteroatoms. The lowest BCUT2D eigenvalue weighted by molar-refractivity contribution is 0.0298. The van der Waals surface area contributed by atoms with Crippen LogP contribution in [0.15, 0.2) is 24.5 Å². The van der Waals surface area contributed by atoms with Crippen LogP contribution in [0.3, 0.4) is 0 Å². The van der Waals surface area contributed by atoms with Crippen LogP contribution in [-0.4, -0.2) is 57.6 Å². The number of imidazole rings is 1. The molecule has 0 saturated carbocycles. The van der Waals surface area contributed by atoms with Gasteiger partial charge in [0.2, 0.25) is 0 Å². The Morgan fingerprint density at radius 1 is 1.11 bits per heavy atom. The van der Waals surface area contributed by atoms with Gasteiger partial charge in [-0.1, -0.05) is 0 Å². The number of aromatic nitrogens is 3. The Labute approximate surface area is 157 Å². The number of morpholine rings is 1. The quantitative estimate of drug-likeness (QED) is 0.869. The van der Waals surface area contributed by atoms with Gasteiger partial charge in [-0.2, -0.15) is 0 Å². The maximum atomic E-state index is 12.9. The largest absolute Gasteiger partial charge is 0.378 e. The van der Waals surface area contributed by atoms with E-state index in [4.69, 9.17) is 4.74 Å². The van der Waals surface area contributed by atoms with Crippen LogP contribution in [0.5, 0.6) is 0 Å². The summed E-state index contributed by atoms with van der Waals surface area (Å²) in [5.74, 6) is -0.0245. The third-order valence-corrected chi connectivity index (χ3v) is 5.02. The van der Waals surface area contributed by atoms with Crippen molar-refractivity contribution < 1.29 is 14.3 Å². The van der Waals surface area contributed by atoms with Crippen molar-refractivity contribution in [2.45, 2.75) is 32.4 Å². The zero-order valence-corrected chi connectivity index (χ0v) is 15.2. The molecule has 2 amide bonds. The number of ether oxygens (including phenoxy) is 1. The van der Waals surface area contributed by atoms with Gasteiger partial charge < -0.3 is 19.5 Å². The van der Waals surface area contributed by atoms with Gasteiger partial charge in [0, 0.05) is 38.6 Å². The second-order valence-electron chi connectivity index (χ2n) is 6.78. The SMILES string of the molecule is O=C(NCc1ccncc1)c1nc(C(=O)N2CCOCC2)c2n1CCCC2.